The summed E-state index contributed by atoms with van der Waals surface area (Å²) in [6.45, 7) is 12.1. The molecule has 1 aromatic heterocycles. The van der Waals surface area contributed by atoms with Gasteiger partial charge < -0.3 is 10.6 Å². The van der Waals surface area contributed by atoms with Crippen molar-refractivity contribution in [3.63, 3.8) is 0 Å². The number of hydrogen-bond donors (Lipinski definition) is 2. The molecule has 19 heavy (non-hydrogen) atoms. The highest BCUT2D eigenvalue weighted by molar-refractivity contribution is 5.80. The molecule has 0 spiro atoms. The van der Waals surface area contributed by atoms with Crippen LogP contribution in [0.2, 0.25) is 0 Å². The molecule has 0 radical (unpaired) electrons. The standard InChI is InChI=1S/C15H26N4/c1-6-16-15(19-13(5)11(2)3)17-10-14-9-7-8-12(4)18-14/h7-9,11,13H,6,10H2,1-5H3,(H2,16,17,19). The van der Waals surface area contributed by atoms with E-state index >= 15 is 0 Å². The van der Waals surface area contributed by atoms with E-state index in [0.717, 1.165) is 23.9 Å². The van der Waals surface area contributed by atoms with Gasteiger partial charge in [-0.25, -0.2) is 4.99 Å². The van der Waals surface area contributed by atoms with Gasteiger partial charge in [0.05, 0.1) is 12.2 Å². The molecule has 1 atom stereocenters. The number of rotatable bonds is 5. The second-order valence-corrected chi connectivity index (χ2v) is 5.14. The van der Waals surface area contributed by atoms with Crippen molar-refractivity contribution in [1.82, 2.24) is 15.6 Å². The van der Waals surface area contributed by atoms with E-state index in [2.05, 4.69) is 48.3 Å². The summed E-state index contributed by atoms with van der Waals surface area (Å²) in [5.41, 5.74) is 2.02. The normalized spacial score (nSPS) is 13.5. The van der Waals surface area contributed by atoms with Crippen LogP contribution in [0, 0.1) is 12.8 Å². The second-order valence-electron chi connectivity index (χ2n) is 5.14. The molecule has 1 heterocycles. The topological polar surface area (TPSA) is 49.3 Å². The van der Waals surface area contributed by atoms with Crippen LogP contribution in [0.1, 0.15) is 39.1 Å². The quantitative estimate of drug-likeness (QED) is 0.633. The molecule has 0 amide bonds. The summed E-state index contributed by atoms with van der Waals surface area (Å²) >= 11 is 0. The van der Waals surface area contributed by atoms with Crippen LogP contribution in [0.25, 0.3) is 0 Å². The van der Waals surface area contributed by atoms with E-state index in [9.17, 15) is 0 Å². The van der Waals surface area contributed by atoms with Gasteiger partial charge in [-0.2, -0.15) is 0 Å². The summed E-state index contributed by atoms with van der Waals surface area (Å²) < 4.78 is 0. The van der Waals surface area contributed by atoms with Crippen molar-refractivity contribution < 1.29 is 0 Å². The molecule has 0 saturated heterocycles. The Morgan fingerprint density at radius 2 is 2.05 bits per heavy atom. The third kappa shape index (κ3) is 5.73. The predicted octanol–water partition coefficient (Wildman–Crippen LogP) is 2.49. The summed E-state index contributed by atoms with van der Waals surface area (Å²) in [5.74, 6) is 1.42. The first-order valence-electron chi connectivity index (χ1n) is 7.00. The molecule has 0 aromatic carbocycles. The van der Waals surface area contributed by atoms with Gasteiger partial charge in [-0.1, -0.05) is 19.9 Å². The van der Waals surface area contributed by atoms with E-state index in [1.807, 2.05) is 25.1 Å². The first-order valence-corrected chi connectivity index (χ1v) is 7.00. The first kappa shape index (κ1) is 15.5. The highest BCUT2D eigenvalue weighted by Crippen LogP contribution is 2.01. The average molecular weight is 262 g/mol. The van der Waals surface area contributed by atoms with Crippen molar-refractivity contribution in [2.75, 3.05) is 6.54 Å². The van der Waals surface area contributed by atoms with E-state index < -0.39 is 0 Å². The van der Waals surface area contributed by atoms with Crippen molar-refractivity contribution in [2.24, 2.45) is 10.9 Å². The molecule has 106 valence electrons. The molecule has 0 aliphatic heterocycles. The van der Waals surface area contributed by atoms with Gasteiger partial charge >= 0.3 is 0 Å². The summed E-state index contributed by atoms with van der Waals surface area (Å²) in [7, 11) is 0. The zero-order chi connectivity index (χ0) is 14.3. The Kier molecular flexibility index (Phi) is 6.33. The Balaban J connectivity index is 2.67. The van der Waals surface area contributed by atoms with E-state index in [4.69, 9.17) is 0 Å². The number of aliphatic imine (C=N–C) groups is 1. The zero-order valence-corrected chi connectivity index (χ0v) is 12.7. The number of aryl methyl sites for hydroxylation is 1. The maximum absolute atomic E-state index is 4.58. The number of nitrogens with zero attached hydrogens (tertiary/aromatic N) is 2. The van der Waals surface area contributed by atoms with Gasteiger partial charge in [0.25, 0.3) is 0 Å². The summed E-state index contributed by atoms with van der Waals surface area (Å²) in [5, 5.41) is 6.68. The minimum absolute atomic E-state index is 0.392. The lowest BCUT2D eigenvalue weighted by Gasteiger charge is -2.20. The fourth-order valence-corrected chi connectivity index (χ4v) is 1.55. The van der Waals surface area contributed by atoms with Crippen molar-refractivity contribution in [3.8, 4) is 0 Å². The molecule has 2 N–H and O–H groups in total. The molecule has 0 fully saturated rings. The molecular weight excluding hydrogens is 236 g/mol. The van der Waals surface area contributed by atoms with Crippen molar-refractivity contribution in [1.29, 1.82) is 0 Å². The lowest BCUT2D eigenvalue weighted by molar-refractivity contribution is 0.481. The lowest BCUT2D eigenvalue weighted by atomic mass is 10.1. The third-order valence-corrected chi connectivity index (χ3v) is 3.05. The van der Waals surface area contributed by atoms with Crippen LogP contribution in [0.4, 0.5) is 0 Å². The molecule has 0 aliphatic rings. The van der Waals surface area contributed by atoms with Gasteiger partial charge in [0.2, 0.25) is 0 Å². The van der Waals surface area contributed by atoms with Crippen LogP contribution in [0.15, 0.2) is 23.2 Å². The van der Waals surface area contributed by atoms with Gasteiger partial charge in [0, 0.05) is 18.3 Å². The van der Waals surface area contributed by atoms with Crippen LogP contribution in [0.5, 0.6) is 0 Å². The van der Waals surface area contributed by atoms with Gasteiger partial charge in [0.1, 0.15) is 0 Å². The smallest absolute Gasteiger partial charge is 0.191 e. The van der Waals surface area contributed by atoms with E-state index in [1.54, 1.807) is 0 Å². The average Bonchev–Trinajstić information content (AvgIpc) is 2.36. The second kappa shape index (κ2) is 7.77. The summed E-state index contributed by atoms with van der Waals surface area (Å²) in [6, 6.07) is 6.41. The maximum atomic E-state index is 4.58. The molecule has 0 aliphatic carbocycles. The third-order valence-electron chi connectivity index (χ3n) is 3.05. The Labute approximate surface area is 116 Å². The molecule has 4 nitrogen and oxygen atoms in total. The molecular formula is C15H26N4. The van der Waals surface area contributed by atoms with Gasteiger partial charge in [-0.15, -0.1) is 0 Å². The first-order chi connectivity index (χ1) is 9.02. The van der Waals surface area contributed by atoms with Crippen LogP contribution in [-0.4, -0.2) is 23.5 Å². The highest BCUT2D eigenvalue weighted by atomic mass is 15.2. The summed E-state index contributed by atoms with van der Waals surface area (Å²) in [6.07, 6.45) is 0. The minimum atomic E-state index is 0.392. The number of guanidine groups is 1. The van der Waals surface area contributed by atoms with E-state index in [0.29, 0.717) is 18.5 Å². The molecule has 0 bridgehead atoms. The van der Waals surface area contributed by atoms with Crippen LogP contribution in [-0.2, 0) is 6.54 Å². The number of nitrogens with one attached hydrogen (secondary N) is 2. The van der Waals surface area contributed by atoms with E-state index in [-0.39, 0.29) is 0 Å². The van der Waals surface area contributed by atoms with Crippen LogP contribution >= 0.6 is 0 Å². The number of aromatic nitrogens is 1. The Morgan fingerprint density at radius 1 is 1.32 bits per heavy atom. The van der Waals surface area contributed by atoms with Gasteiger partial charge in [0.15, 0.2) is 5.96 Å². The molecule has 1 rings (SSSR count). The monoisotopic (exact) mass is 262 g/mol. The SMILES string of the molecule is CCNC(=NCc1cccc(C)n1)NC(C)C(C)C. The summed E-state index contributed by atoms with van der Waals surface area (Å²) in [4.78, 5) is 9.04. The van der Waals surface area contributed by atoms with E-state index in [1.165, 1.54) is 0 Å². The Hall–Kier alpha value is -1.58. The zero-order valence-electron chi connectivity index (χ0n) is 12.7. The van der Waals surface area contributed by atoms with Gasteiger partial charge in [-0.05, 0) is 38.8 Å². The molecule has 1 unspecified atom stereocenters. The molecule has 1 aromatic rings. The predicted molar refractivity (Wildman–Crippen MR) is 81.2 cm³/mol. The number of pyridine rings is 1. The van der Waals surface area contributed by atoms with Crippen LogP contribution < -0.4 is 10.6 Å². The van der Waals surface area contributed by atoms with Crippen molar-refractivity contribution in [3.05, 3.63) is 29.6 Å². The lowest BCUT2D eigenvalue weighted by Crippen LogP contribution is -2.44. The fraction of sp³-hybridized carbons (Fsp3) is 0.600. The Morgan fingerprint density at radius 3 is 2.63 bits per heavy atom. The Bertz CT molecular complexity index is 412. The molecule has 0 saturated carbocycles. The molecule has 4 heteroatoms. The van der Waals surface area contributed by atoms with Crippen molar-refractivity contribution in [2.45, 2.75) is 47.2 Å². The highest BCUT2D eigenvalue weighted by Gasteiger charge is 2.08. The maximum Gasteiger partial charge on any atom is 0.191 e. The van der Waals surface area contributed by atoms with Crippen LogP contribution in [0.3, 0.4) is 0 Å². The minimum Gasteiger partial charge on any atom is -0.357 e. The van der Waals surface area contributed by atoms with Crippen molar-refractivity contribution >= 4 is 5.96 Å². The largest absolute Gasteiger partial charge is 0.357 e. The number of hydrogen-bond acceptors (Lipinski definition) is 2. The van der Waals surface area contributed by atoms with Gasteiger partial charge in [-0.3, -0.25) is 4.98 Å². The fourth-order valence-electron chi connectivity index (χ4n) is 1.55.